The van der Waals surface area contributed by atoms with Crippen LogP contribution in [-0.4, -0.2) is 14.2 Å². The molecule has 20 heavy (non-hydrogen) atoms. The summed E-state index contributed by atoms with van der Waals surface area (Å²) in [6.45, 7) is 0. The molecule has 0 fully saturated rings. The van der Waals surface area contributed by atoms with Crippen molar-refractivity contribution in [3.8, 4) is 11.5 Å². The first-order valence-electron chi connectivity index (χ1n) is 5.87. The average Bonchev–Trinajstić information content (AvgIpc) is 2.47. The van der Waals surface area contributed by atoms with Crippen molar-refractivity contribution in [2.75, 3.05) is 14.2 Å². The smallest absolute Gasteiger partial charge is 0.162 e. The molecule has 0 heterocycles. The van der Waals surface area contributed by atoms with E-state index in [2.05, 4.69) is 31.9 Å². The molecule has 106 valence electrons. The van der Waals surface area contributed by atoms with Gasteiger partial charge in [-0.1, -0.05) is 55.6 Å². The van der Waals surface area contributed by atoms with Crippen molar-refractivity contribution in [3.05, 3.63) is 57.0 Å². The summed E-state index contributed by atoms with van der Waals surface area (Å²) in [6, 6.07) is 11.7. The van der Waals surface area contributed by atoms with E-state index in [1.165, 1.54) is 0 Å². The molecule has 0 aliphatic heterocycles. The quantitative estimate of drug-likeness (QED) is 0.599. The van der Waals surface area contributed by atoms with Crippen molar-refractivity contribution in [2.45, 2.75) is 4.83 Å². The van der Waals surface area contributed by atoms with Crippen LogP contribution < -0.4 is 9.47 Å². The first-order chi connectivity index (χ1) is 9.56. The molecule has 2 rings (SSSR count). The molecule has 0 aromatic heterocycles. The lowest BCUT2D eigenvalue weighted by Crippen LogP contribution is -1.97. The van der Waals surface area contributed by atoms with Crippen molar-refractivity contribution >= 4 is 43.5 Å². The molecule has 5 heteroatoms. The van der Waals surface area contributed by atoms with E-state index in [0.29, 0.717) is 16.5 Å². The summed E-state index contributed by atoms with van der Waals surface area (Å²) in [5, 5.41) is 0.632. The van der Waals surface area contributed by atoms with Crippen LogP contribution in [0.3, 0.4) is 0 Å². The standard InChI is InChI=1S/C15H13Br2ClO2/c1-19-13-7-11(12(18)8-14(13)20-2)15(17)9-3-5-10(16)6-4-9/h3-8,15H,1-2H3. The molecule has 0 spiro atoms. The number of rotatable bonds is 4. The Labute approximate surface area is 140 Å². The maximum atomic E-state index is 6.34. The van der Waals surface area contributed by atoms with Gasteiger partial charge in [0.05, 0.1) is 19.0 Å². The van der Waals surface area contributed by atoms with E-state index in [9.17, 15) is 0 Å². The van der Waals surface area contributed by atoms with E-state index in [1.54, 1.807) is 20.3 Å². The van der Waals surface area contributed by atoms with Crippen LogP contribution in [-0.2, 0) is 0 Å². The van der Waals surface area contributed by atoms with Gasteiger partial charge in [-0.3, -0.25) is 0 Å². The lowest BCUT2D eigenvalue weighted by molar-refractivity contribution is 0.354. The van der Waals surface area contributed by atoms with Crippen molar-refractivity contribution in [2.24, 2.45) is 0 Å². The Morgan fingerprint density at radius 3 is 2.10 bits per heavy atom. The van der Waals surface area contributed by atoms with E-state index in [-0.39, 0.29) is 4.83 Å². The van der Waals surface area contributed by atoms with Gasteiger partial charge in [-0.15, -0.1) is 0 Å². The fourth-order valence-electron chi connectivity index (χ4n) is 1.88. The Bertz CT molecular complexity index is 600. The number of hydrogen-bond acceptors (Lipinski definition) is 2. The second-order valence-corrected chi connectivity index (χ2v) is 6.38. The van der Waals surface area contributed by atoms with E-state index in [1.807, 2.05) is 30.3 Å². The topological polar surface area (TPSA) is 18.5 Å². The molecule has 0 bridgehead atoms. The minimum atomic E-state index is -0.0112. The summed E-state index contributed by atoms with van der Waals surface area (Å²) in [7, 11) is 3.20. The zero-order valence-electron chi connectivity index (χ0n) is 11.0. The van der Waals surface area contributed by atoms with Crippen LogP contribution in [0.15, 0.2) is 40.9 Å². The monoisotopic (exact) mass is 418 g/mol. The molecule has 0 aliphatic carbocycles. The van der Waals surface area contributed by atoms with Gasteiger partial charge < -0.3 is 9.47 Å². The van der Waals surface area contributed by atoms with E-state index in [0.717, 1.165) is 15.6 Å². The second kappa shape index (κ2) is 6.83. The Balaban J connectivity index is 2.43. The summed E-state index contributed by atoms with van der Waals surface area (Å²) in [5.74, 6) is 1.28. The summed E-state index contributed by atoms with van der Waals surface area (Å²) >= 11 is 13.5. The third-order valence-corrected chi connectivity index (χ3v) is 4.82. The maximum Gasteiger partial charge on any atom is 0.162 e. The van der Waals surface area contributed by atoms with Crippen molar-refractivity contribution in [1.82, 2.24) is 0 Å². The molecule has 1 unspecified atom stereocenters. The van der Waals surface area contributed by atoms with Gasteiger partial charge in [0.25, 0.3) is 0 Å². The molecule has 2 aromatic carbocycles. The number of methoxy groups -OCH3 is 2. The molecule has 0 saturated carbocycles. The van der Waals surface area contributed by atoms with Gasteiger partial charge in [0, 0.05) is 15.6 Å². The first kappa shape index (κ1) is 15.7. The largest absolute Gasteiger partial charge is 0.493 e. The predicted octanol–water partition coefficient (Wildman–Crippen LogP) is 5.60. The van der Waals surface area contributed by atoms with Gasteiger partial charge >= 0.3 is 0 Å². The number of benzene rings is 2. The van der Waals surface area contributed by atoms with Gasteiger partial charge in [0.2, 0.25) is 0 Å². The highest BCUT2D eigenvalue weighted by Gasteiger charge is 2.17. The van der Waals surface area contributed by atoms with Crippen LogP contribution in [0.5, 0.6) is 11.5 Å². The molecule has 2 nitrogen and oxygen atoms in total. The van der Waals surface area contributed by atoms with Gasteiger partial charge in [-0.25, -0.2) is 0 Å². The zero-order chi connectivity index (χ0) is 14.7. The van der Waals surface area contributed by atoms with Gasteiger partial charge in [0.1, 0.15) is 0 Å². The van der Waals surface area contributed by atoms with Crippen LogP contribution in [0, 0.1) is 0 Å². The molecule has 0 aliphatic rings. The van der Waals surface area contributed by atoms with Crippen molar-refractivity contribution in [3.63, 3.8) is 0 Å². The van der Waals surface area contributed by atoms with Gasteiger partial charge in [0.15, 0.2) is 11.5 Å². The zero-order valence-corrected chi connectivity index (χ0v) is 14.9. The molecular weight excluding hydrogens is 407 g/mol. The SMILES string of the molecule is COc1cc(Cl)c(C(Br)c2ccc(Br)cc2)cc1OC. The molecule has 0 amide bonds. The Hall–Kier alpha value is -0.710. The number of ether oxygens (including phenoxy) is 2. The summed E-state index contributed by atoms with van der Waals surface area (Å²) < 4.78 is 11.6. The van der Waals surface area contributed by atoms with Gasteiger partial charge in [-0.2, -0.15) is 0 Å². The van der Waals surface area contributed by atoms with E-state index < -0.39 is 0 Å². The highest BCUT2D eigenvalue weighted by molar-refractivity contribution is 9.10. The number of hydrogen-bond donors (Lipinski definition) is 0. The van der Waals surface area contributed by atoms with Crippen LogP contribution >= 0.6 is 43.5 Å². The number of alkyl halides is 1. The normalized spacial score (nSPS) is 12.1. The lowest BCUT2D eigenvalue weighted by Gasteiger charge is -2.16. The predicted molar refractivity (Wildman–Crippen MR) is 89.5 cm³/mol. The Morgan fingerprint density at radius 2 is 1.55 bits per heavy atom. The second-order valence-electron chi connectivity index (χ2n) is 4.14. The number of halogens is 3. The highest BCUT2D eigenvalue weighted by Crippen LogP contribution is 2.41. The third-order valence-electron chi connectivity index (χ3n) is 2.94. The first-order valence-corrected chi connectivity index (χ1v) is 7.96. The molecule has 2 aromatic rings. The fraction of sp³-hybridized carbons (Fsp3) is 0.200. The summed E-state index contributed by atoms with van der Waals surface area (Å²) in [5.41, 5.74) is 2.05. The Kier molecular flexibility index (Phi) is 5.35. The fourth-order valence-corrected chi connectivity index (χ4v) is 3.22. The minimum absolute atomic E-state index is 0.0112. The Morgan fingerprint density at radius 1 is 1.00 bits per heavy atom. The molecule has 0 saturated heterocycles. The maximum absolute atomic E-state index is 6.34. The van der Waals surface area contributed by atoms with E-state index >= 15 is 0 Å². The van der Waals surface area contributed by atoms with Crippen LogP contribution in [0.4, 0.5) is 0 Å². The van der Waals surface area contributed by atoms with E-state index in [4.69, 9.17) is 21.1 Å². The van der Waals surface area contributed by atoms with Crippen LogP contribution in [0.2, 0.25) is 5.02 Å². The molecule has 0 radical (unpaired) electrons. The summed E-state index contributed by atoms with van der Waals surface area (Å²) in [6.07, 6.45) is 0. The molecular formula is C15H13Br2ClO2. The minimum Gasteiger partial charge on any atom is -0.493 e. The molecule has 0 N–H and O–H groups in total. The van der Waals surface area contributed by atoms with Crippen LogP contribution in [0.1, 0.15) is 16.0 Å². The third kappa shape index (κ3) is 3.30. The lowest BCUT2D eigenvalue weighted by atomic mass is 10.0. The van der Waals surface area contributed by atoms with Crippen molar-refractivity contribution < 1.29 is 9.47 Å². The van der Waals surface area contributed by atoms with Crippen LogP contribution in [0.25, 0.3) is 0 Å². The molecule has 1 atom stereocenters. The summed E-state index contributed by atoms with van der Waals surface area (Å²) in [4.78, 5) is -0.0112. The highest BCUT2D eigenvalue weighted by atomic mass is 79.9. The van der Waals surface area contributed by atoms with Gasteiger partial charge in [-0.05, 0) is 29.3 Å². The van der Waals surface area contributed by atoms with Crippen molar-refractivity contribution in [1.29, 1.82) is 0 Å². The average molecular weight is 421 g/mol.